The number of hydrogen-bond acceptors (Lipinski definition) is 5. The summed E-state index contributed by atoms with van der Waals surface area (Å²) in [4.78, 5) is 36.4. The van der Waals surface area contributed by atoms with E-state index >= 15 is 0 Å². The maximum Gasteiger partial charge on any atom is 0.251 e. The highest BCUT2D eigenvalue weighted by Gasteiger charge is 2.39. The molecule has 0 aromatic heterocycles. The monoisotopic (exact) mass is 303 g/mol. The maximum absolute atomic E-state index is 12.2. The van der Waals surface area contributed by atoms with Crippen molar-refractivity contribution < 1.29 is 22.8 Å². The Bertz CT molecular complexity index is 528. The van der Waals surface area contributed by atoms with Crippen LogP contribution in [0, 0.1) is 5.92 Å². The maximum atomic E-state index is 12.2. The molecule has 1 atom stereocenters. The lowest BCUT2D eigenvalue weighted by Crippen LogP contribution is -2.42. The van der Waals surface area contributed by atoms with Crippen LogP contribution in [0.1, 0.15) is 19.8 Å². The molecule has 0 spiro atoms. The van der Waals surface area contributed by atoms with E-state index in [9.17, 15) is 22.8 Å². The molecule has 2 aliphatic rings. The molecular weight excluding hydrogens is 286 g/mol. The molecule has 0 radical (unpaired) electrons. The van der Waals surface area contributed by atoms with Gasteiger partial charge in [-0.05, 0) is 13.3 Å². The van der Waals surface area contributed by atoms with Crippen molar-refractivity contribution >= 4 is 27.6 Å². The summed E-state index contributed by atoms with van der Waals surface area (Å²) in [5.74, 6) is -2.43. The van der Waals surface area contributed by atoms with Crippen molar-refractivity contribution in [3.8, 4) is 0 Å². The van der Waals surface area contributed by atoms with E-state index in [1.54, 1.807) is 6.92 Å². The van der Waals surface area contributed by atoms with Gasteiger partial charge in [0.25, 0.3) is 11.8 Å². The SMILES string of the molecule is CCN(C(=O)CC1C(=O)NNC1=O)C1CCS(=O)(=O)C1. The van der Waals surface area contributed by atoms with E-state index in [0.717, 1.165) is 0 Å². The van der Waals surface area contributed by atoms with E-state index < -0.39 is 27.6 Å². The molecule has 0 saturated carbocycles. The number of carbonyl (C=O) groups excluding carboxylic acids is 3. The van der Waals surface area contributed by atoms with Crippen molar-refractivity contribution in [1.82, 2.24) is 15.8 Å². The van der Waals surface area contributed by atoms with Gasteiger partial charge in [0.05, 0.1) is 11.5 Å². The van der Waals surface area contributed by atoms with Crippen molar-refractivity contribution in [1.29, 1.82) is 0 Å². The van der Waals surface area contributed by atoms with Gasteiger partial charge in [-0.3, -0.25) is 25.2 Å². The lowest BCUT2D eigenvalue weighted by molar-refractivity contribution is -0.139. The normalized spacial score (nSPS) is 25.4. The zero-order valence-electron chi connectivity index (χ0n) is 11.1. The summed E-state index contributed by atoms with van der Waals surface area (Å²) >= 11 is 0. The number of sulfone groups is 1. The van der Waals surface area contributed by atoms with Gasteiger partial charge >= 0.3 is 0 Å². The van der Waals surface area contributed by atoms with Crippen molar-refractivity contribution in [3.63, 3.8) is 0 Å². The number of hydrogen-bond donors (Lipinski definition) is 2. The third-order valence-electron chi connectivity index (χ3n) is 3.63. The summed E-state index contributed by atoms with van der Waals surface area (Å²) in [6, 6.07) is -0.356. The largest absolute Gasteiger partial charge is 0.339 e. The topological polar surface area (TPSA) is 113 Å². The molecule has 3 amide bonds. The summed E-state index contributed by atoms with van der Waals surface area (Å²) < 4.78 is 22.9. The molecule has 20 heavy (non-hydrogen) atoms. The van der Waals surface area contributed by atoms with E-state index in [0.29, 0.717) is 13.0 Å². The van der Waals surface area contributed by atoms with Gasteiger partial charge < -0.3 is 4.90 Å². The lowest BCUT2D eigenvalue weighted by atomic mass is 10.0. The van der Waals surface area contributed by atoms with Gasteiger partial charge in [-0.1, -0.05) is 0 Å². The van der Waals surface area contributed by atoms with Gasteiger partial charge in [0.15, 0.2) is 9.84 Å². The zero-order valence-corrected chi connectivity index (χ0v) is 11.9. The Morgan fingerprint density at radius 3 is 2.35 bits per heavy atom. The van der Waals surface area contributed by atoms with Crippen LogP contribution in [0.15, 0.2) is 0 Å². The highest BCUT2D eigenvalue weighted by molar-refractivity contribution is 7.91. The third-order valence-corrected chi connectivity index (χ3v) is 5.38. The standard InChI is InChI=1S/C11H17N3O5S/c1-2-14(7-3-4-20(18,19)6-7)9(15)5-8-10(16)12-13-11(8)17/h7-8H,2-6H2,1H3,(H,12,16)(H,13,17). The quantitative estimate of drug-likeness (QED) is 0.594. The van der Waals surface area contributed by atoms with Gasteiger partial charge in [-0.2, -0.15) is 0 Å². The average molecular weight is 303 g/mol. The second-order valence-corrected chi connectivity index (χ2v) is 7.20. The summed E-state index contributed by atoms with van der Waals surface area (Å²) in [5, 5.41) is 0. The molecule has 1 unspecified atom stereocenters. The van der Waals surface area contributed by atoms with Crippen LogP contribution in [-0.4, -0.2) is 55.1 Å². The van der Waals surface area contributed by atoms with Crippen LogP contribution < -0.4 is 10.9 Å². The lowest BCUT2D eigenvalue weighted by Gasteiger charge is -2.27. The zero-order chi connectivity index (χ0) is 14.9. The smallest absolute Gasteiger partial charge is 0.251 e. The first-order valence-corrected chi connectivity index (χ1v) is 8.26. The van der Waals surface area contributed by atoms with Gasteiger partial charge in [0.2, 0.25) is 5.91 Å². The van der Waals surface area contributed by atoms with Gasteiger partial charge in [0.1, 0.15) is 5.92 Å². The fourth-order valence-electron chi connectivity index (χ4n) is 2.55. The minimum absolute atomic E-state index is 0.0460. The minimum atomic E-state index is -3.09. The fourth-order valence-corrected chi connectivity index (χ4v) is 4.28. The number of nitrogens with one attached hydrogen (secondary N) is 2. The van der Waals surface area contributed by atoms with E-state index in [2.05, 4.69) is 10.9 Å². The summed E-state index contributed by atoms with van der Waals surface area (Å²) in [7, 11) is -3.09. The Hall–Kier alpha value is -1.64. The predicted octanol–water partition coefficient (Wildman–Crippen LogP) is -1.81. The number of hydrazine groups is 1. The van der Waals surface area contributed by atoms with Crippen LogP contribution in [0.3, 0.4) is 0 Å². The molecular formula is C11H17N3O5S. The predicted molar refractivity (Wildman–Crippen MR) is 68.8 cm³/mol. The number of nitrogens with zero attached hydrogens (tertiary/aromatic N) is 1. The first kappa shape index (κ1) is 14.8. The van der Waals surface area contributed by atoms with E-state index in [1.807, 2.05) is 0 Å². The molecule has 2 N–H and O–H groups in total. The van der Waals surface area contributed by atoms with Crippen molar-refractivity contribution in [2.24, 2.45) is 5.92 Å². The molecule has 0 aromatic rings. The van der Waals surface area contributed by atoms with E-state index in [1.165, 1.54) is 4.90 Å². The Morgan fingerprint density at radius 1 is 1.30 bits per heavy atom. The first-order valence-electron chi connectivity index (χ1n) is 6.43. The molecule has 0 aliphatic carbocycles. The Labute approximate surface area is 116 Å². The molecule has 2 fully saturated rings. The fraction of sp³-hybridized carbons (Fsp3) is 0.727. The highest BCUT2D eigenvalue weighted by atomic mass is 32.2. The van der Waals surface area contributed by atoms with Gasteiger partial charge in [0, 0.05) is 19.0 Å². The third kappa shape index (κ3) is 2.92. The molecule has 2 saturated heterocycles. The summed E-state index contributed by atoms with van der Waals surface area (Å²) in [5.41, 5.74) is 4.32. The second kappa shape index (κ2) is 5.39. The average Bonchev–Trinajstić information content (AvgIpc) is 2.87. The number of rotatable bonds is 4. The molecule has 2 aliphatic heterocycles. The Balaban J connectivity index is 2.03. The molecule has 2 heterocycles. The Morgan fingerprint density at radius 2 is 1.90 bits per heavy atom. The molecule has 2 rings (SSSR count). The minimum Gasteiger partial charge on any atom is -0.339 e. The van der Waals surface area contributed by atoms with Crippen LogP contribution in [0.25, 0.3) is 0 Å². The van der Waals surface area contributed by atoms with Crippen LogP contribution >= 0.6 is 0 Å². The molecule has 9 heteroatoms. The van der Waals surface area contributed by atoms with Crippen LogP contribution in [0.4, 0.5) is 0 Å². The second-order valence-electron chi connectivity index (χ2n) is 4.97. The molecule has 112 valence electrons. The number of carbonyl (C=O) groups is 3. The first-order chi connectivity index (χ1) is 9.34. The van der Waals surface area contributed by atoms with Crippen molar-refractivity contribution in [2.75, 3.05) is 18.1 Å². The molecule has 8 nitrogen and oxygen atoms in total. The summed E-state index contributed by atoms with van der Waals surface area (Å²) in [6.45, 7) is 2.10. The number of amides is 3. The highest BCUT2D eigenvalue weighted by Crippen LogP contribution is 2.20. The van der Waals surface area contributed by atoms with Gasteiger partial charge in [-0.25, -0.2) is 8.42 Å². The van der Waals surface area contributed by atoms with Gasteiger partial charge in [-0.15, -0.1) is 0 Å². The molecule has 0 aromatic carbocycles. The van der Waals surface area contributed by atoms with Crippen LogP contribution in [-0.2, 0) is 24.2 Å². The Kier molecular flexibility index (Phi) is 3.98. The molecule has 0 bridgehead atoms. The van der Waals surface area contributed by atoms with Crippen molar-refractivity contribution in [3.05, 3.63) is 0 Å². The van der Waals surface area contributed by atoms with Crippen LogP contribution in [0.5, 0.6) is 0 Å². The van der Waals surface area contributed by atoms with E-state index in [4.69, 9.17) is 0 Å². The van der Waals surface area contributed by atoms with E-state index in [-0.39, 0.29) is 29.9 Å². The summed E-state index contributed by atoms with van der Waals surface area (Å²) in [6.07, 6.45) is 0.174. The van der Waals surface area contributed by atoms with Crippen molar-refractivity contribution in [2.45, 2.75) is 25.8 Å². The van der Waals surface area contributed by atoms with Crippen LogP contribution in [0.2, 0.25) is 0 Å².